The standard InChI is InChI=1S/C26H24N4O3/c27-17-20-8-4-5-9-21(20)18-29-14-7-15-30(26(29)32)23-11-6-10-22(16-23)28-25(31)19-33-24-12-2-1-3-13-24/h1-6,8-13,16H,7,14-15,18-19H2,(H,28,31). The van der Waals surface area contributed by atoms with Crippen molar-refractivity contribution in [3.63, 3.8) is 0 Å². The fourth-order valence-electron chi connectivity index (χ4n) is 3.76. The molecule has 0 spiro atoms. The molecule has 1 heterocycles. The van der Waals surface area contributed by atoms with Crippen LogP contribution in [-0.2, 0) is 11.3 Å². The van der Waals surface area contributed by atoms with Gasteiger partial charge in [0.2, 0.25) is 0 Å². The molecule has 33 heavy (non-hydrogen) atoms. The van der Waals surface area contributed by atoms with E-state index in [1.165, 1.54) is 0 Å². The van der Waals surface area contributed by atoms with Crippen molar-refractivity contribution in [2.75, 3.05) is 29.9 Å². The lowest BCUT2D eigenvalue weighted by Gasteiger charge is -2.36. The number of amides is 3. The Morgan fingerprint density at radius 3 is 2.61 bits per heavy atom. The predicted octanol–water partition coefficient (Wildman–Crippen LogP) is 4.41. The minimum atomic E-state index is -0.282. The van der Waals surface area contributed by atoms with E-state index in [4.69, 9.17) is 4.74 Å². The zero-order valence-corrected chi connectivity index (χ0v) is 18.1. The number of para-hydroxylation sites is 1. The van der Waals surface area contributed by atoms with Crippen LogP contribution in [0.4, 0.5) is 16.2 Å². The van der Waals surface area contributed by atoms with Crippen LogP contribution in [0, 0.1) is 11.3 Å². The van der Waals surface area contributed by atoms with Crippen LogP contribution in [-0.4, -0.2) is 36.5 Å². The van der Waals surface area contributed by atoms with Crippen LogP contribution in [0.5, 0.6) is 5.75 Å². The third-order valence-corrected chi connectivity index (χ3v) is 5.36. The summed E-state index contributed by atoms with van der Waals surface area (Å²) < 4.78 is 5.49. The Bertz CT molecular complexity index is 1170. The minimum Gasteiger partial charge on any atom is -0.484 e. The van der Waals surface area contributed by atoms with Gasteiger partial charge in [-0.15, -0.1) is 0 Å². The highest BCUT2D eigenvalue weighted by Crippen LogP contribution is 2.25. The third-order valence-electron chi connectivity index (χ3n) is 5.36. The second-order valence-corrected chi connectivity index (χ2v) is 7.68. The summed E-state index contributed by atoms with van der Waals surface area (Å²) >= 11 is 0. The van der Waals surface area contributed by atoms with Crippen molar-refractivity contribution < 1.29 is 14.3 Å². The Kier molecular flexibility index (Phi) is 6.86. The average Bonchev–Trinajstić information content (AvgIpc) is 2.85. The van der Waals surface area contributed by atoms with Gasteiger partial charge in [-0.25, -0.2) is 4.79 Å². The molecule has 0 bridgehead atoms. The zero-order chi connectivity index (χ0) is 23.0. The van der Waals surface area contributed by atoms with E-state index in [-0.39, 0.29) is 18.5 Å². The van der Waals surface area contributed by atoms with E-state index in [1.54, 1.807) is 46.2 Å². The SMILES string of the molecule is N#Cc1ccccc1CN1CCCN(c2cccc(NC(=O)COc3ccccc3)c2)C1=O. The number of nitrogens with one attached hydrogen (secondary N) is 1. The fourth-order valence-corrected chi connectivity index (χ4v) is 3.76. The summed E-state index contributed by atoms with van der Waals surface area (Å²) in [6.07, 6.45) is 0.808. The Morgan fingerprint density at radius 1 is 1.00 bits per heavy atom. The Balaban J connectivity index is 1.41. The maximum absolute atomic E-state index is 13.2. The third kappa shape index (κ3) is 5.49. The summed E-state index contributed by atoms with van der Waals surface area (Å²) in [4.78, 5) is 28.9. The van der Waals surface area contributed by atoms with Gasteiger partial charge in [0, 0.05) is 31.0 Å². The number of nitriles is 1. The number of nitrogens with zero attached hydrogens (tertiary/aromatic N) is 3. The number of hydrogen-bond acceptors (Lipinski definition) is 4. The van der Waals surface area contributed by atoms with E-state index in [1.807, 2.05) is 42.5 Å². The van der Waals surface area contributed by atoms with Crippen LogP contribution in [0.2, 0.25) is 0 Å². The van der Waals surface area contributed by atoms with Gasteiger partial charge in [-0.05, 0) is 48.4 Å². The topological polar surface area (TPSA) is 85.7 Å². The molecule has 3 aromatic carbocycles. The van der Waals surface area contributed by atoms with Gasteiger partial charge in [0.1, 0.15) is 5.75 Å². The lowest BCUT2D eigenvalue weighted by atomic mass is 10.1. The summed E-state index contributed by atoms with van der Waals surface area (Å²) in [5, 5.41) is 12.2. The number of ether oxygens (including phenoxy) is 1. The molecular weight excluding hydrogens is 416 g/mol. The predicted molar refractivity (Wildman–Crippen MR) is 126 cm³/mol. The highest BCUT2D eigenvalue weighted by atomic mass is 16.5. The van der Waals surface area contributed by atoms with E-state index >= 15 is 0 Å². The van der Waals surface area contributed by atoms with Crippen molar-refractivity contribution >= 4 is 23.3 Å². The quantitative estimate of drug-likeness (QED) is 0.590. The highest BCUT2D eigenvalue weighted by molar-refractivity contribution is 5.95. The van der Waals surface area contributed by atoms with E-state index < -0.39 is 0 Å². The molecule has 1 fully saturated rings. The summed E-state index contributed by atoms with van der Waals surface area (Å²) in [6.45, 7) is 1.49. The number of benzene rings is 3. The molecule has 0 unspecified atom stereocenters. The molecule has 0 radical (unpaired) electrons. The van der Waals surface area contributed by atoms with Gasteiger partial charge >= 0.3 is 6.03 Å². The van der Waals surface area contributed by atoms with Crippen LogP contribution in [0.25, 0.3) is 0 Å². The number of carbonyl (C=O) groups is 2. The van der Waals surface area contributed by atoms with Gasteiger partial charge in [0.15, 0.2) is 6.61 Å². The van der Waals surface area contributed by atoms with E-state index in [9.17, 15) is 14.9 Å². The molecule has 3 aromatic rings. The second kappa shape index (κ2) is 10.3. The first-order valence-corrected chi connectivity index (χ1v) is 10.8. The van der Waals surface area contributed by atoms with E-state index in [2.05, 4.69) is 11.4 Å². The first-order valence-electron chi connectivity index (χ1n) is 10.8. The first kappa shape index (κ1) is 21.9. The van der Waals surface area contributed by atoms with Crippen molar-refractivity contribution in [2.24, 2.45) is 0 Å². The maximum Gasteiger partial charge on any atom is 0.324 e. The Labute approximate surface area is 192 Å². The highest BCUT2D eigenvalue weighted by Gasteiger charge is 2.27. The number of hydrogen-bond donors (Lipinski definition) is 1. The number of urea groups is 1. The molecule has 1 aliphatic rings. The molecule has 166 valence electrons. The normalized spacial score (nSPS) is 13.4. The van der Waals surface area contributed by atoms with Crippen LogP contribution in [0.3, 0.4) is 0 Å². The van der Waals surface area contributed by atoms with Crippen molar-refractivity contribution in [3.8, 4) is 11.8 Å². The van der Waals surface area contributed by atoms with Crippen molar-refractivity contribution in [1.29, 1.82) is 5.26 Å². The summed E-state index contributed by atoms with van der Waals surface area (Å²) in [7, 11) is 0. The molecule has 1 saturated heterocycles. The molecule has 0 saturated carbocycles. The molecule has 1 aliphatic heterocycles. The maximum atomic E-state index is 13.2. The minimum absolute atomic E-state index is 0.108. The van der Waals surface area contributed by atoms with Gasteiger partial charge in [0.25, 0.3) is 5.91 Å². The molecule has 1 N–H and O–H groups in total. The molecular formula is C26H24N4O3. The smallest absolute Gasteiger partial charge is 0.324 e. The van der Waals surface area contributed by atoms with Gasteiger partial charge in [0.05, 0.1) is 11.6 Å². The Hall–Kier alpha value is -4.31. The molecule has 4 rings (SSSR count). The fraction of sp³-hybridized carbons (Fsp3) is 0.192. The largest absolute Gasteiger partial charge is 0.484 e. The van der Waals surface area contributed by atoms with Gasteiger partial charge in [-0.3, -0.25) is 9.69 Å². The Morgan fingerprint density at radius 2 is 1.79 bits per heavy atom. The lowest BCUT2D eigenvalue weighted by Crippen LogP contribution is -2.49. The van der Waals surface area contributed by atoms with Crippen molar-refractivity contribution in [3.05, 3.63) is 90.0 Å². The molecule has 0 aliphatic carbocycles. The molecule has 0 aromatic heterocycles. The monoisotopic (exact) mass is 440 g/mol. The number of anilines is 2. The second-order valence-electron chi connectivity index (χ2n) is 7.68. The summed E-state index contributed by atoms with van der Waals surface area (Å²) in [5.41, 5.74) is 2.70. The van der Waals surface area contributed by atoms with Gasteiger partial charge in [-0.2, -0.15) is 5.26 Å². The van der Waals surface area contributed by atoms with Crippen molar-refractivity contribution in [1.82, 2.24) is 4.90 Å². The average molecular weight is 441 g/mol. The van der Waals surface area contributed by atoms with Gasteiger partial charge in [-0.1, -0.05) is 42.5 Å². The summed E-state index contributed by atoms with van der Waals surface area (Å²) in [6, 6.07) is 25.7. The first-order chi connectivity index (χ1) is 16.1. The molecule has 0 atom stereocenters. The van der Waals surface area contributed by atoms with Crippen LogP contribution < -0.4 is 15.0 Å². The van der Waals surface area contributed by atoms with Crippen LogP contribution in [0.1, 0.15) is 17.5 Å². The molecule has 7 heteroatoms. The van der Waals surface area contributed by atoms with Crippen LogP contribution in [0.15, 0.2) is 78.9 Å². The van der Waals surface area contributed by atoms with E-state index in [0.717, 1.165) is 12.0 Å². The van der Waals surface area contributed by atoms with Gasteiger partial charge < -0.3 is 15.0 Å². The van der Waals surface area contributed by atoms with Crippen LogP contribution >= 0.6 is 0 Å². The zero-order valence-electron chi connectivity index (χ0n) is 18.1. The molecule has 7 nitrogen and oxygen atoms in total. The molecule has 3 amide bonds. The lowest BCUT2D eigenvalue weighted by molar-refractivity contribution is -0.118. The van der Waals surface area contributed by atoms with E-state index in [0.29, 0.717) is 42.3 Å². The summed E-state index contributed by atoms with van der Waals surface area (Å²) in [5.74, 6) is 0.342. The van der Waals surface area contributed by atoms with Crippen molar-refractivity contribution in [2.45, 2.75) is 13.0 Å². The number of rotatable bonds is 7. The number of carbonyl (C=O) groups excluding carboxylic acids is 2.